The van der Waals surface area contributed by atoms with Crippen molar-refractivity contribution in [2.24, 2.45) is 0 Å². The molecule has 0 bridgehead atoms. The molecule has 0 spiro atoms. The number of nitrogens with zero attached hydrogens (tertiary/aromatic N) is 1. The Morgan fingerprint density at radius 1 is 1.02 bits per heavy atom. The standard InChI is InChI=1S/C26H32F3N3O3.C2HF3O2/c1-15(2)32-12-11-26(16-5-8-20(34-3)21(13-16)35-4)10-9-17(14-22(26)32)30-25(33)31-19-7-6-18(27)23(28)24(19)29;3-2(4,5)1(6)7/h5-8,13,15,17,22H,9-12,14H2,1-4H3,(H2,30,31,33);(H,6,7)/t17-,22+,26+;/m1./s1. The fraction of sp³-hybridized carbons (Fsp3) is 0.500. The quantitative estimate of drug-likeness (QED) is 0.282. The number of fused-ring (bicyclic) bond motifs is 1. The highest BCUT2D eigenvalue weighted by Crippen LogP contribution is 2.51. The summed E-state index contributed by atoms with van der Waals surface area (Å²) < 4.78 is 83.4. The molecule has 4 rings (SSSR count). The molecule has 3 atom stereocenters. The number of halogens is 6. The summed E-state index contributed by atoms with van der Waals surface area (Å²) in [5, 5.41) is 12.3. The van der Waals surface area contributed by atoms with E-state index in [2.05, 4.69) is 41.5 Å². The first-order valence-electron chi connectivity index (χ1n) is 13.1. The van der Waals surface area contributed by atoms with Gasteiger partial charge in [0.05, 0.1) is 19.9 Å². The average molecular weight is 606 g/mol. The van der Waals surface area contributed by atoms with Crippen molar-refractivity contribution in [2.75, 3.05) is 26.1 Å². The smallest absolute Gasteiger partial charge is 0.490 e. The summed E-state index contributed by atoms with van der Waals surface area (Å²) >= 11 is 0. The molecule has 14 heteroatoms. The van der Waals surface area contributed by atoms with E-state index in [0.29, 0.717) is 24.0 Å². The van der Waals surface area contributed by atoms with Crippen molar-refractivity contribution in [3.05, 3.63) is 53.3 Å². The van der Waals surface area contributed by atoms with Crippen LogP contribution in [0.1, 0.15) is 45.1 Å². The van der Waals surface area contributed by atoms with Gasteiger partial charge in [0.25, 0.3) is 0 Å². The van der Waals surface area contributed by atoms with Crippen LogP contribution in [0.4, 0.5) is 36.8 Å². The molecule has 1 aliphatic carbocycles. The molecule has 2 fully saturated rings. The third-order valence-electron chi connectivity index (χ3n) is 7.78. The van der Waals surface area contributed by atoms with E-state index in [1.807, 2.05) is 6.07 Å². The molecule has 0 radical (unpaired) electrons. The fourth-order valence-corrected chi connectivity index (χ4v) is 5.78. The number of benzene rings is 2. The Labute approximate surface area is 239 Å². The van der Waals surface area contributed by atoms with Crippen LogP contribution in [0, 0.1) is 17.5 Å². The van der Waals surface area contributed by atoms with E-state index in [-0.39, 0.29) is 17.5 Å². The molecule has 8 nitrogen and oxygen atoms in total. The monoisotopic (exact) mass is 605 g/mol. The summed E-state index contributed by atoms with van der Waals surface area (Å²) in [4.78, 5) is 24.0. The lowest BCUT2D eigenvalue weighted by atomic mass is 9.65. The number of hydrogen-bond donors (Lipinski definition) is 3. The molecule has 1 aliphatic heterocycles. The lowest BCUT2D eigenvalue weighted by molar-refractivity contribution is -0.192. The second-order valence-electron chi connectivity index (χ2n) is 10.4. The molecule has 2 aliphatic rings. The molecule has 0 unspecified atom stereocenters. The van der Waals surface area contributed by atoms with Crippen LogP contribution in [0.3, 0.4) is 0 Å². The normalized spacial score (nSPS) is 22.1. The van der Waals surface area contributed by atoms with Crippen LogP contribution < -0.4 is 20.1 Å². The van der Waals surface area contributed by atoms with Gasteiger partial charge in [-0.25, -0.2) is 22.8 Å². The van der Waals surface area contributed by atoms with E-state index in [1.54, 1.807) is 14.2 Å². The number of carbonyl (C=O) groups excluding carboxylic acids is 1. The zero-order valence-corrected chi connectivity index (χ0v) is 23.4. The lowest BCUT2D eigenvalue weighted by Crippen LogP contribution is -2.54. The van der Waals surface area contributed by atoms with E-state index >= 15 is 0 Å². The van der Waals surface area contributed by atoms with Gasteiger partial charge in [-0.1, -0.05) is 6.07 Å². The molecule has 1 saturated carbocycles. The van der Waals surface area contributed by atoms with Crippen molar-refractivity contribution in [3.63, 3.8) is 0 Å². The van der Waals surface area contributed by atoms with Crippen LogP contribution in [0.5, 0.6) is 11.5 Å². The zero-order chi connectivity index (χ0) is 31.4. The van der Waals surface area contributed by atoms with E-state index in [1.165, 1.54) is 5.56 Å². The zero-order valence-electron chi connectivity index (χ0n) is 23.4. The first kappa shape index (κ1) is 32.8. The maximum absolute atomic E-state index is 14.0. The Hall–Kier alpha value is -3.68. The molecule has 3 N–H and O–H groups in total. The van der Waals surface area contributed by atoms with Crippen molar-refractivity contribution in [3.8, 4) is 11.5 Å². The number of rotatable bonds is 6. The van der Waals surface area contributed by atoms with Gasteiger partial charge >= 0.3 is 18.2 Å². The summed E-state index contributed by atoms with van der Waals surface area (Å²) in [5.41, 5.74) is 0.696. The summed E-state index contributed by atoms with van der Waals surface area (Å²) in [6, 6.07) is 7.59. The van der Waals surface area contributed by atoms with E-state index < -0.39 is 41.3 Å². The van der Waals surface area contributed by atoms with Crippen LogP contribution in [-0.2, 0) is 10.2 Å². The highest BCUT2D eigenvalue weighted by Gasteiger charge is 2.52. The molecule has 2 aromatic carbocycles. The van der Waals surface area contributed by atoms with Gasteiger partial charge in [-0.2, -0.15) is 13.2 Å². The van der Waals surface area contributed by atoms with Gasteiger partial charge in [0, 0.05) is 23.5 Å². The summed E-state index contributed by atoms with van der Waals surface area (Å²) in [7, 11) is 3.24. The minimum atomic E-state index is -5.08. The molecule has 1 heterocycles. The predicted octanol–water partition coefficient (Wildman–Crippen LogP) is 5.85. The number of carboxylic acid groups (broad SMARTS) is 1. The Morgan fingerprint density at radius 2 is 1.67 bits per heavy atom. The van der Waals surface area contributed by atoms with E-state index in [0.717, 1.165) is 37.9 Å². The Morgan fingerprint density at radius 3 is 2.24 bits per heavy atom. The number of anilines is 1. The Kier molecular flexibility index (Phi) is 10.2. The van der Waals surface area contributed by atoms with Crippen molar-refractivity contribution in [1.29, 1.82) is 0 Å². The number of aliphatic carboxylic acids is 1. The maximum Gasteiger partial charge on any atom is 0.490 e. The summed E-state index contributed by atoms with van der Waals surface area (Å²) in [6.45, 7) is 5.27. The highest BCUT2D eigenvalue weighted by molar-refractivity contribution is 5.89. The Bertz CT molecular complexity index is 1290. The van der Waals surface area contributed by atoms with Crippen molar-refractivity contribution in [2.45, 2.75) is 69.2 Å². The summed E-state index contributed by atoms with van der Waals surface area (Å²) in [6.07, 6.45) is -1.81. The highest BCUT2D eigenvalue weighted by atomic mass is 19.4. The number of methoxy groups -OCH3 is 2. The van der Waals surface area contributed by atoms with Crippen molar-refractivity contribution < 1.29 is 50.5 Å². The molecule has 42 heavy (non-hydrogen) atoms. The van der Waals surface area contributed by atoms with Crippen molar-refractivity contribution >= 4 is 17.7 Å². The Balaban J connectivity index is 0.000000616. The number of carboxylic acids is 1. The van der Waals surface area contributed by atoms with Gasteiger partial charge in [0.2, 0.25) is 0 Å². The number of carbonyl (C=O) groups is 2. The van der Waals surface area contributed by atoms with Crippen molar-refractivity contribution in [1.82, 2.24) is 10.2 Å². The van der Waals surface area contributed by atoms with Crippen LogP contribution in [0.15, 0.2) is 30.3 Å². The molecule has 232 valence electrons. The molecule has 2 amide bonds. The largest absolute Gasteiger partial charge is 0.493 e. The van der Waals surface area contributed by atoms with Gasteiger partial charge in [-0.05, 0) is 75.9 Å². The second-order valence-corrected chi connectivity index (χ2v) is 10.4. The number of ether oxygens (including phenoxy) is 2. The predicted molar refractivity (Wildman–Crippen MR) is 141 cm³/mol. The SMILES string of the molecule is COc1ccc([C@@]23CC[C@@H](NC(=O)Nc4ccc(F)c(F)c4F)C[C@@H]2N(C(C)C)CC3)cc1OC.O=C(O)C(F)(F)F. The fourth-order valence-electron chi connectivity index (χ4n) is 5.78. The third-order valence-corrected chi connectivity index (χ3v) is 7.78. The van der Waals surface area contributed by atoms with E-state index in [4.69, 9.17) is 19.4 Å². The van der Waals surface area contributed by atoms with Gasteiger partial charge in [0.1, 0.15) is 0 Å². The third kappa shape index (κ3) is 7.02. The van der Waals surface area contributed by atoms with Gasteiger partial charge in [0.15, 0.2) is 29.0 Å². The van der Waals surface area contributed by atoms with Gasteiger partial charge in [-0.3, -0.25) is 4.90 Å². The molecule has 1 saturated heterocycles. The molecular formula is C28H33F6N3O5. The minimum absolute atomic E-state index is 0.0926. The number of amides is 2. The topological polar surface area (TPSA) is 100 Å². The number of urea groups is 1. The van der Waals surface area contributed by atoms with Crippen LogP contribution in [0.2, 0.25) is 0 Å². The van der Waals surface area contributed by atoms with Crippen LogP contribution >= 0.6 is 0 Å². The first-order chi connectivity index (χ1) is 19.6. The maximum atomic E-state index is 14.0. The number of alkyl halides is 3. The first-order valence-corrected chi connectivity index (χ1v) is 13.1. The van der Waals surface area contributed by atoms with Crippen LogP contribution in [-0.4, -0.2) is 67.1 Å². The molecule has 2 aromatic rings. The molecule has 0 aromatic heterocycles. The number of likely N-dealkylation sites (tertiary alicyclic amines) is 1. The summed E-state index contributed by atoms with van der Waals surface area (Å²) in [5.74, 6) is -5.72. The molecular weight excluding hydrogens is 572 g/mol. The number of nitrogens with one attached hydrogen (secondary N) is 2. The number of hydrogen-bond acceptors (Lipinski definition) is 5. The second kappa shape index (κ2) is 13.1. The average Bonchev–Trinajstić information content (AvgIpc) is 3.33. The van der Waals surface area contributed by atoms with E-state index in [9.17, 15) is 31.1 Å². The van der Waals surface area contributed by atoms with Gasteiger partial charge < -0.3 is 25.2 Å². The lowest BCUT2D eigenvalue weighted by Gasteiger charge is -2.46. The minimum Gasteiger partial charge on any atom is -0.493 e. The van der Waals surface area contributed by atoms with Gasteiger partial charge in [-0.15, -0.1) is 0 Å². The van der Waals surface area contributed by atoms with Crippen LogP contribution in [0.25, 0.3) is 0 Å².